The Morgan fingerprint density at radius 3 is 2.47 bits per heavy atom. The number of nitrogens with zero attached hydrogens (tertiary/aromatic N) is 2. The Hall–Kier alpha value is -2.79. The lowest BCUT2D eigenvalue weighted by atomic mass is 9.89. The average molecular weight is 403 g/mol. The maximum atomic E-state index is 12.2. The molecule has 0 unspecified atom stereocenters. The molecule has 30 heavy (non-hydrogen) atoms. The summed E-state index contributed by atoms with van der Waals surface area (Å²) >= 11 is 0. The number of imidazole rings is 1. The minimum Gasteiger partial charge on any atom is -0.361 e. The van der Waals surface area contributed by atoms with Crippen molar-refractivity contribution in [3.8, 4) is 0 Å². The van der Waals surface area contributed by atoms with Crippen LogP contribution in [0, 0.1) is 0 Å². The molecule has 2 N–H and O–H groups in total. The normalized spacial score (nSPS) is 16.0. The van der Waals surface area contributed by atoms with Gasteiger partial charge in [0.15, 0.2) is 0 Å². The predicted molar refractivity (Wildman–Crippen MR) is 123 cm³/mol. The number of nitrogens with one attached hydrogen (secondary N) is 2. The van der Waals surface area contributed by atoms with Crippen LogP contribution in [0.25, 0.3) is 21.9 Å². The van der Waals surface area contributed by atoms with Crippen LogP contribution in [0.5, 0.6) is 0 Å². The first-order valence-electron chi connectivity index (χ1n) is 11.3. The fraction of sp³-hybridized carbons (Fsp3) is 0.400. The summed E-state index contributed by atoms with van der Waals surface area (Å²) in [6.07, 6.45) is 8.12. The van der Waals surface area contributed by atoms with E-state index in [2.05, 4.69) is 45.3 Å². The molecule has 0 radical (unpaired) electrons. The Bertz CT molecular complexity index is 1180. The third-order valence-electron chi connectivity index (χ3n) is 6.69. The maximum Gasteiger partial charge on any atom is 0.326 e. The number of para-hydroxylation sites is 3. The third kappa shape index (κ3) is 3.82. The smallest absolute Gasteiger partial charge is 0.326 e. The number of piperidine rings is 1. The van der Waals surface area contributed by atoms with E-state index in [4.69, 9.17) is 0 Å². The Morgan fingerprint density at radius 1 is 0.867 bits per heavy atom. The molecule has 4 aromatic rings. The van der Waals surface area contributed by atoms with Gasteiger partial charge in [-0.05, 0) is 75.0 Å². The summed E-state index contributed by atoms with van der Waals surface area (Å²) in [5.74, 6) is 0.672. The fourth-order valence-corrected chi connectivity index (χ4v) is 5.01. The zero-order valence-electron chi connectivity index (χ0n) is 17.4. The van der Waals surface area contributed by atoms with E-state index in [-0.39, 0.29) is 5.69 Å². The molecule has 5 rings (SSSR count). The van der Waals surface area contributed by atoms with Crippen LogP contribution in [0.15, 0.2) is 59.5 Å². The van der Waals surface area contributed by atoms with Crippen LogP contribution in [0.3, 0.4) is 0 Å². The molecule has 1 aliphatic rings. The minimum atomic E-state index is 0.00977. The second kappa shape index (κ2) is 8.52. The molecule has 0 atom stereocenters. The molecule has 1 saturated heterocycles. The van der Waals surface area contributed by atoms with E-state index in [1.54, 1.807) is 0 Å². The number of unbranched alkanes of at least 4 members (excludes halogenated alkanes) is 2. The first kappa shape index (κ1) is 19.2. The molecule has 5 heteroatoms. The van der Waals surface area contributed by atoms with Crippen LogP contribution in [0.4, 0.5) is 0 Å². The van der Waals surface area contributed by atoms with Crippen molar-refractivity contribution < 1.29 is 0 Å². The van der Waals surface area contributed by atoms with Crippen molar-refractivity contribution in [2.45, 2.75) is 44.6 Å². The summed E-state index contributed by atoms with van der Waals surface area (Å²) in [6, 6.07) is 16.6. The van der Waals surface area contributed by atoms with E-state index >= 15 is 0 Å². The number of likely N-dealkylation sites (tertiary alicyclic amines) is 1. The number of aryl methyl sites for hydroxylation is 1. The number of aromatic amines is 2. The number of hydrogen-bond donors (Lipinski definition) is 2. The molecule has 1 aliphatic heterocycles. The van der Waals surface area contributed by atoms with Gasteiger partial charge in [0.1, 0.15) is 0 Å². The summed E-state index contributed by atoms with van der Waals surface area (Å²) in [5, 5.41) is 1.39. The molecule has 0 spiro atoms. The van der Waals surface area contributed by atoms with Crippen molar-refractivity contribution in [3.63, 3.8) is 0 Å². The number of H-pyrrole nitrogens is 2. The highest BCUT2D eigenvalue weighted by Gasteiger charge is 2.22. The number of rotatable bonds is 7. The zero-order chi connectivity index (χ0) is 20.3. The fourth-order valence-electron chi connectivity index (χ4n) is 5.01. The van der Waals surface area contributed by atoms with Crippen LogP contribution >= 0.6 is 0 Å². The highest BCUT2D eigenvalue weighted by Crippen LogP contribution is 2.33. The van der Waals surface area contributed by atoms with Gasteiger partial charge in [0, 0.05) is 23.6 Å². The van der Waals surface area contributed by atoms with Crippen molar-refractivity contribution in [1.82, 2.24) is 19.4 Å². The first-order valence-corrected chi connectivity index (χ1v) is 11.3. The van der Waals surface area contributed by atoms with Gasteiger partial charge in [-0.15, -0.1) is 0 Å². The number of benzene rings is 2. The monoisotopic (exact) mass is 402 g/mol. The lowest BCUT2D eigenvalue weighted by molar-refractivity contribution is 0.208. The lowest BCUT2D eigenvalue weighted by Gasteiger charge is -2.32. The van der Waals surface area contributed by atoms with Crippen molar-refractivity contribution in [2.24, 2.45) is 0 Å². The van der Waals surface area contributed by atoms with Gasteiger partial charge in [-0.2, -0.15) is 0 Å². The summed E-state index contributed by atoms with van der Waals surface area (Å²) < 4.78 is 1.88. The van der Waals surface area contributed by atoms with Gasteiger partial charge >= 0.3 is 5.69 Å². The Labute approximate surface area is 176 Å². The van der Waals surface area contributed by atoms with Gasteiger partial charge in [-0.25, -0.2) is 4.79 Å². The SMILES string of the molecule is O=c1[nH]c2ccccc2n1CCCCCN1CCC(c2c[nH]c3ccccc23)CC1. The third-order valence-corrected chi connectivity index (χ3v) is 6.69. The molecule has 3 heterocycles. The number of hydrogen-bond acceptors (Lipinski definition) is 2. The van der Waals surface area contributed by atoms with Crippen LogP contribution in [-0.2, 0) is 6.54 Å². The largest absolute Gasteiger partial charge is 0.361 e. The van der Waals surface area contributed by atoms with E-state index in [1.165, 1.54) is 55.4 Å². The molecule has 0 amide bonds. The van der Waals surface area contributed by atoms with Crippen molar-refractivity contribution >= 4 is 21.9 Å². The van der Waals surface area contributed by atoms with Crippen LogP contribution in [0.1, 0.15) is 43.6 Å². The molecule has 2 aromatic carbocycles. The van der Waals surface area contributed by atoms with Crippen molar-refractivity contribution in [2.75, 3.05) is 19.6 Å². The van der Waals surface area contributed by atoms with E-state index in [1.807, 2.05) is 28.8 Å². The Balaban J connectivity index is 1.07. The molecule has 0 aliphatic carbocycles. The van der Waals surface area contributed by atoms with Gasteiger partial charge in [-0.1, -0.05) is 36.8 Å². The molecular weight excluding hydrogens is 372 g/mol. The maximum absolute atomic E-state index is 12.2. The summed E-state index contributed by atoms with van der Waals surface area (Å²) in [5.41, 5.74) is 4.71. The van der Waals surface area contributed by atoms with Gasteiger partial charge in [0.05, 0.1) is 11.0 Å². The quantitative estimate of drug-likeness (QED) is 0.434. The van der Waals surface area contributed by atoms with E-state index in [0.29, 0.717) is 5.92 Å². The van der Waals surface area contributed by atoms with E-state index in [0.717, 1.165) is 30.4 Å². The zero-order valence-corrected chi connectivity index (χ0v) is 17.4. The second-order valence-electron chi connectivity index (χ2n) is 8.57. The molecule has 156 valence electrons. The average Bonchev–Trinajstić information content (AvgIpc) is 3.35. The standard InChI is InChI=1S/C25H30N4O/c30-25-27-23-10-4-5-11-24(23)29(25)15-7-1-6-14-28-16-12-19(13-17-28)21-18-26-22-9-3-2-8-20(21)22/h2-5,8-11,18-19,26H,1,6-7,12-17H2,(H,27,30). The number of aromatic nitrogens is 3. The topological polar surface area (TPSA) is 56.8 Å². The molecule has 0 saturated carbocycles. The Morgan fingerprint density at radius 2 is 1.60 bits per heavy atom. The molecule has 5 nitrogen and oxygen atoms in total. The molecule has 0 bridgehead atoms. The Kier molecular flexibility index (Phi) is 5.45. The molecular formula is C25H30N4O. The lowest BCUT2D eigenvalue weighted by Crippen LogP contribution is -2.33. The van der Waals surface area contributed by atoms with Gasteiger partial charge in [0.25, 0.3) is 0 Å². The van der Waals surface area contributed by atoms with Gasteiger partial charge in [-0.3, -0.25) is 4.57 Å². The van der Waals surface area contributed by atoms with Crippen LogP contribution < -0.4 is 5.69 Å². The van der Waals surface area contributed by atoms with Gasteiger partial charge < -0.3 is 14.9 Å². The first-order chi connectivity index (χ1) is 14.8. The second-order valence-corrected chi connectivity index (χ2v) is 8.57. The molecule has 1 fully saturated rings. The highest BCUT2D eigenvalue weighted by atomic mass is 16.1. The minimum absolute atomic E-state index is 0.00977. The molecule has 2 aromatic heterocycles. The summed E-state index contributed by atoms with van der Waals surface area (Å²) in [6.45, 7) is 4.34. The van der Waals surface area contributed by atoms with Crippen molar-refractivity contribution in [3.05, 3.63) is 70.8 Å². The van der Waals surface area contributed by atoms with Crippen LogP contribution in [0.2, 0.25) is 0 Å². The summed E-state index contributed by atoms with van der Waals surface area (Å²) in [4.78, 5) is 21.1. The number of fused-ring (bicyclic) bond motifs is 2. The predicted octanol–water partition coefficient (Wildman–Crippen LogP) is 4.86. The van der Waals surface area contributed by atoms with E-state index in [9.17, 15) is 4.79 Å². The van der Waals surface area contributed by atoms with E-state index < -0.39 is 0 Å². The summed E-state index contributed by atoms with van der Waals surface area (Å²) in [7, 11) is 0. The van der Waals surface area contributed by atoms with Gasteiger partial charge in [0.2, 0.25) is 0 Å². The van der Waals surface area contributed by atoms with Crippen LogP contribution in [-0.4, -0.2) is 39.1 Å². The highest BCUT2D eigenvalue weighted by molar-refractivity contribution is 5.83. The van der Waals surface area contributed by atoms with Crippen molar-refractivity contribution in [1.29, 1.82) is 0 Å².